The molecule has 1 heterocycles. The molecule has 21 nitrogen and oxygen atoms in total. The van der Waals surface area contributed by atoms with E-state index in [9.17, 15) is 58.8 Å². The Morgan fingerprint density at radius 2 is 0.738 bits per heavy atom. The minimum atomic E-state index is -1.11. The monoisotopic (exact) mass is 908 g/mol. The van der Waals surface area contributed by atoms with E-state index in [0.29, 0.717) is 31.9 Å². The van der Waals surface area contributed by atoms with Crippen LogP contribution in [0.5, 0.6) is 0 Å². The third kappa shape index (κ3) is 24.6. The van der Waals surface area contributed by atoms with Crippen LogP contribution in [0.2, 0.25) is 0 Å². The van der Waals surface area contributed by atoms with Crippen LogP contribution in [-0.4, -0.2) is 142 Å². The van der Waals surface area contributed by atoms with Crippen molar-refractivity contribution < 1.29 is 90.1 Å². The maximum atomic E-state index is 12.8. The average molecular weight is 909 g/mol. The molecule has 3 atom stereocenters. The molecule has 6 N–H and O–H groups in total. The summed E-state index contributed by atoms with van der Waals surface area (Å²) in [5, 5.41) is 39.6. The van der Waals surface area contributed by atoms with Gasteiger partial charge >= 0.3 is 17.9 Å². The van der Waals surface area contributed by atoms with Crippen LogP contribution in [0.25, 0.3) is 0 Å². The number of amides is 6. The number of esters is 3. The van der Waals surface area contributed by atoms with E-state index in [0.717, 1.165) is 18.2 Å². The van der Waals surface area contributed by atoms with Gasteiger partial charge in [-0.15, -0.1) is 0 Å². The summed E-state index contributed by atoms with van der Waals surface area (Å²) >= 11 is 0. The number of cyclic esters (lactones) is 3. The van der Waals surface area contributed by atoms with Gasteiger partial charge in [0.25, 0.3) is 17.7 Å². The molecular weight excluding hydrogens is 848 g/mol. The largest absolute Gasteiger partial charge is 0.464 e. The Labute approximate surface area is 365 Å². The minimum absolute atomic E-state index is 0. The number of nitrogens with zero attached hydrogens (tertiary/aromatic N) is 3. The van der Waals surface area contributed by atoms with E-state index in [4.69, 9.17) is 14.2 Å². The summed E-state index contributed by atoms with van der Waals surface area (Å²) < 4.78 is 15.9. The second-order valence-electron chi connectivity index (χ2n) is 14.3. The van der Waals surface area contributed by atoms with Gasteiger partial charge in [-0.3, -0.25) is 44.4 Å². The van der Waals surface area contributed by atoms with E-state index in [-0.39, 0.29) is 114 Å². The maximum Gasteiger partial charge on any atom is 0.328 e. The summed E-state index contributed by atoms with van der Waals surface area (Å²) in [6.07, 6.45) is 3.86. The number of carbonyl (C=O) groups is 9. The van der Waals surface area contributed by atoms with E-state index in [1.807, 2.05) is 0 Å². The maximum absolute atomic E-state index is 12.8. The Bertz CT molecular complexity index is 1450. The zero-order valence-electron chi connectivity index (χ0n) is 35.5. The molecule has 0 saturated heterocycles. The smallest absolute Gasteiger partial charge is 0.328 e. The van der Waals surface area contributed by atoms with E-state index < -0.39 is 71.5 Å². The van der Waals surface area contributed by atoms with E-state index >= 15 is 0 Å². The van der Waals surface area contributed by atoms with Gasteiger partial charge in [-0.05, 0) is 59.3 Å². The number of nitrogens with one attached hydrogen (secondary N) is 3. The molecule has 1 rings (SSSR count). The van der Waals surface area contributed by atoms with Gasteiger partial charge in [0, 0.05) is 95.0 Å². The molecule has 3 unspecified atom stereocenters. The molecule has 61 heavy (non-hydrogen) atoms. The normalized spacial score (nSPS) is 24.4. The molecule has 0 aromatic carbocycles. The van der Waals surface area contributed by atoms with Crippen molar-refractivity contribution in [1.82, 2.24) is 31.1 Å². The van der Waals surface area contributed by atoms with Gasteiger partial charge in [0.1, 0.15) is 18.1 Å². The van der Waals surface area contributed by atoms with Crippen molar-refractivity contribution >= 4 is 53.4 Å². The summed E-state index contributed by atoms with van der Waals surface area (Å²) in [5.74, 6) is -6.32. The summed E-state index contributed by atoms with van der Waals surface area (Å²) in [5.41, 5.74) is 1.32. The zero-order chi connectivity index (χ0) is 45.4. The first-order valence-electron chi connectivity index (χ1n) is 19.5. The molecule has 0 aromatic rings. The predicted molar refractivity (Wildman–Crippen MR) is 209 cm³/mol. The van der Waals surface area contributed by atoms with Gasteiger partial charge in [0.2, 0.25) is 17.7 Å². The van der Waals surface area contributed by atoms with Crippen molar-refractivity contribution in [1.29, 1.82) is 0 Å². The molecule has 344 valence electrons. The predicted octanol–water partition coefficient (Wildman–Crippen LogP) is 1.14. The quantitative estimate of drug-likeness (QED) is 0.100. The number of hydroxylamine groups is 6. The molecule has 6 amide bonds. The van der Waals surface area contributed by atoms with Gasteiger partial charge in [-0.2, -0.15) is 0 Å². The van der Waals surface area contributed by atoms with E-state index in [2.05, 4.69) is 16.0 Å². The summed E-state index contributed by atoms with van der Waals surface area (Å²) in [6, 6.07) is -3.33. The number of ether oxygens (including phenoxy) is 3. The van der Waals surface area contributed by atoms with Crippen molar-refractivity contribution in [2.45, 2.75) is 117 Å². The van der Waals surface area contributed by atoms with Gasteiger partial charge in [-0.1, -0.05) is 16.7 Å². The first kappa shape index (κ1) is 55.8. The fourth-order valence-corrected chi connectivity index (χ4v) is 5.46. The average Bonchev–Trinajstić information content (AvgIpc) is 3.15. The Kier molecular flexibility index (Phi) is 27.4. The van der Waals surface area contributed by atoms with E-state index in [1.165, 1.54) is 20.8 Å². The SMILES string of the molecule is CC(=O)NC1CCCN(O)C(=O)/C=C(/C)CCOC(=O)C(NC(C)=O)CCCN(O)C(=O)/C=C(/C)CCOC(=O)C(NC(C)=O)CCCN(O)C(=O)/C=C(/C)CCOC1=O.[Fe]. The number of rotatable bonds is 3. The molecule has 0 fully saturated rings. The van der Waals surface area contributed by atoms with E-state index in [1.54, 1.807) is 20.8 Å². The summed E-state index contributed by atoms with van der Waals surface area (Å²) in [4.78, 5) is 111. The number of hydrogen-bond donors (Lipinski definition) is 6. The third-order valence-corrected chi connectivity index (χ3v) is 8.67. The van der Waals surface area contributed by atoms with Gasteiger partial charge in [0.15, 0.2) is 0 Å². The van der Waals surface area contributed by atoms with Crippen LogP contribution in [0, 0.1) is 0 Å². The molecule has 22 heteroatoms. The topological polar surface area (TPSA) is 288 Å². The number of hydrogen-bond acceptors (Lipinski definition) is 15. The molecule has 0 bridgehead atoms. The van der Waals surface area contributed by atoms with Crippen molar-refractivity contribution in [2.75, 3.05) is 39.5 Å². The van der Waals surface area contributed by atoms with Crippen molar-refractivity contribution in [3.8, 4) is 0 Å². The van der Waals surface area contributed by atoms with Crippen LogP contribution in [0.4, 0.5) is 0 Å². The Morgan fingerprint density at radius 3 is 0.951 bits per heavy atom. The van der Waals surface area contributed by atoms with Gasteiger partial charge < -0.3 is 30.2 Å². The first-order valence-corrected chi connectivity index (χ1v) is 19.5. The Morgan fingerprint density at radius 1 is 0.508 bits per heavy atom. The van der Waals surface area contributed by atoms with Crippen LogP contribution < -0.4 is 16.0 Å². The molecule has 0 spiro atoms. The zero-order valence-corrected chi connectivity index (χ0v) is 36.6. The number of carbonyl (C=O) groups excluding carboxylic acids is 9. The molecule has 0 aliphatic carbocycles. The Balaban J connectivity index is 0.0000360. The first-order chi connectivity index (χ1) is 28.2. The molecule has 0 radical (unpaired) electrons. The second kappa shape index (κ2) is 30.0. The van der Waals surface area contributed by atoms with Crippen LogP contribution in [-0.2, 0) is 74.4 Å². The van der Waals surface area contributed by atoms with Crippen LogP contribution in [0.3, 0.4) is 0 Å². The van der Waals surface area contributed by atoms with Crippen molar-refractivity contribution in [3.63, 3.8) is 0 Å². The molecule has 0 aromatic heterocycles. The Hall–Kier alpha value is -5.15. The molecule has 1 aliphatic heterocycles. The van der Waals surface area contributed by atoms with Gasteiger partial charge in [0.05, 0.1) is 19.8 Å². The van der Waals surface area contributed by atoms with Crippen LogP contribution in [0.1, 0.15) is 99.3 Å². The fraction of sp³-hybridized carbons (Fsp3) is 0.615. The van der Waals surface area contributed by atoms with Gasteiger partial charge in [-0.25, -0.2) is 29.6 Å². The molecule has 0 saturated carbocycles. The third-order valence-electron chi connectivity index (χ3n) is 8.67. The molecule has 1 aliphatic rings. The second-order valence-corrected chi connectivity index (χ2v) is 14.3. The summed E-state index contributed by atoms with van der Waals surface area (Å²) in [6.45, 7) is 7.11. The fourth-order valence-electron chi connectivity index (χ4n) is 5.46. The van der Waals surface area contributed by atoms with Crippen molar-refractivity contribution in [2.24, 2.45) is 0 Å². The minimum Gasteiger partial charge on any atom is -0.464 e. The summed E-state index contributed by atoms with van der Waals surface area (Å²) in [7, 11) is 0. The van der Waals surface area contributed by atoms with Crippen molar-refractivity contribution in [3.05, 3.63) is 34.9 Å². The van der Waals surface area contributed by atoms with Crippen LogP contribution in [0.15, 0.2) is 34.9 Å². The standard InChI is InChI=1S/C39H60N6O15.Fe/c1-25-13-19-58-37(52)31(40-28(4)46)11-8-17-44(56)35(50)23-27(3)15-21-60-39(54)33(42-30(6)48)12-9-18-45(57)36(51)24-26(2)14-20-59-38(53)32(41-29(5)47)10-7-16-43(55)34(49)22-25;/h22-24,31-33,55-57H,7-21H2,1-6H3,(H,40,46)(H,41,47)(H,42,48);/b25-22-,26-24-,27-23-;. The molecular formula is C39H60FeN6O15. The van der Waals surface area contributed by atoms with Crippen LogP contribution >= 0.6 is 0 Å².